The molecule has 1 aromatic carbocycles. The molecule has 0 N–H and O–H groups in total. The van der Waals surface area contributed by atoms with E-state index in [2.05, 4.69) is 24.8 Å². The minimum absolute atomic E-state index is 1.13. The molecule has 0 radical (unpaired) electrons. The Kier molecular flexibility index (Phi) is 3.77. The summed E-state index contributed by atoms with van der Waals surface area (Å²) in [6.45, 7) is 5.76. The van der Waals surface area contributed by atoms with Crippen LogP contribution < -0.4 is 0 Å². The number of rotatable bonds is 3. The van der Waals surface area contributed by atoms with Gasteiger partial charge in [0.1, 0.15) is 0 Å². The van der Waals surface area contributed by atoms with Crippen molar-refractivity contribution in [1.82, 2.24) is 0 Å². The molecule has 0 atom stereocenters. The maximum absolute atomic E-state index is 3.76. The van der Waals surface area contributed by atoms with Gasteiger partial charge in [0.15, 0.2) is 0 Å². The minimum Gasteiger partial charge on any atom is -0.0985 e. The zero-order valence-corrected chi connectivity index (χ0v) is 7.90. The Hall–Kier alpha value is -1.56. The van der Waals surface area contributed by atoms with Crippen LogP contribution in [-0.2, 0) is 0 Å². The largest absolute Gasteiger partial charge is 0.0985 e. The fourth-order valence-electron chi connectivity index (χ4n) is 1.11. The van der Waals surface area contributed by atoms with Crippen LogP contribution in [0.25, 0.3) is 6.08 Å². The minimum atomic E-state index is 1.13. The predicted octanol–water partition coefficient (Wildman–Crippen LogP) is 3.83. The molecule has 0 aliphatic carbocycles. The van der Waals surface area contributed by atoms with Gasteiger partial charge in [-0.15, -0.1) is 0 Å². The van der Waals surface area contributed by atoms with E-state index in [9.17, 15) is 0 Å². The van der Waals surface area contributed by atoms with Gasteiger partial charge >= 0.3 is 0 Å². The Balaban J connectivity index is 2.91. The maximum Gasteiger partial charge on any atom is -0.0251 e. The van der Waals surface area contributed by atoms with Crippen molar-refractivity contribution in [2.45, 2.75) is 6.92 Å². The van der Waals surface area contributed by atoms with Gasteiger partial charge < -0.3 is 0 Å². The van der Waals surface area contributed by atoms with E-state index in [1.807, 2.05) is 43.4 Å². The molecule has 0 nitrogen and oxygen atoms in total. The highest BCUT2D eigenvalue weighted by atomic mass is 13.9. The second-order valence-electron chi connectivity index (χ2n) is 2.76. The van der Waals surface area contributed by atoms with Gasteiger partial charge in [-0.25, -0.2) is 0 Å². The lowest BCUT2D eigenvalue weighted by Gasteiger charge is -1.94. The molecule has 13 heavy (non-hydrogen) atoms. The van der Waals surface area contributed by atoms with Gasteiger partial charge in [-0.05, 0) is 24.1 Å². The standard InChI is InChI=1S/C13H14/c1-3-8-12(4-2)11-13-9-6-5-7-10-13/h3-11H,2H2,1H3. The molecule has 0 heteroatoms. The highest BCUT2D eigenvalue weighted by molar-refractivity contribution is 5.58. The van der Waals surface area contributed by atoms with Crippen LogP contribution in [0, 0.1) is 0 Å². The van der Waals surface area contributed by atoms with E-state index < -0.39 is 0 Å². The number of benzene rings is 1. The first-order valence-corrected chi connectivity index (χ1v) is 4.38. The van der Waals surface area contributed by atoms with E-state index in [4.69, 9.17) is 0 Å². The molecule has 1 aromatic rings. The topological polar surface area (TPSA) is 0 Å². The maximum atomic E-state index is 3.76. The molecule has 0 saturated carbocycles. The summed E-state index contributed by atoms with van der Waals surface area (Å²) in [7, 11) is 0. The van der Waals surface area contributed by atoms with Crippen LogP contribution in [0.3, 0.4) is 0 Å². The molecule has 0 aromatic heterocycles. The molecule has 1 rings (SSSR count). The van der Waals surface area contributed by atoms with Crippen LogP contribution in [0.15, 0.2) is 60.7 Å². The molecule has 0 amide bonds. The van der Waals surface area contributed by atoms with Crippen molar-refractivity contribution in [3.63, 3.8) is 0 Å². The lowest BCUT2D eigenvalue weighted by molar-refractivity contribution is 1.62. The van der Waals surface area contributed by atoms with Crippen LogP contribution in [0.1, 0.15) is 12.5 Å². The van der Waals surface area contributed by atoms with Gasteiger partial charge in [0.2, 0.25) is 0 Å². The van der Waals surface area contributed by atoms with Gasteiger partial charge in [0, 0.05) is 0 Å². The van der Waals surface area contributed by atoms with E-state index >= 15 is 0 Å². The molecule has 0 unspecified atom stereocenters. The quantitative estimate of drug-likeness (QED) is 0.605. The smallest absolute Gasteiger partial charge is 0.0251 e. The van der Waals surface area contributed by atoms with E-state index in [-0.39, 0.29) is 0 Å². The van der Waals surface area contributed by atoms with Gasteiger partial charge in [-0.3, -0.25) is 0 Å². The first-order chi connectivity index (χ1) is 6.36. The van der Waals surface area contributed by atoms with Crippen LogP contribution in [-0.4, -0.2) is 0 Å². The van der Waals surface area contributed by atoms with Crippen molar-refractivity contribution in [1.29, 1.82) is 0 Å². The molecular formula is C13H14. The molecule has 66 valence electrons. The van der Waals surface area contributed by atoms with E-state index in [1.165, 1.54) is 5.56 Å². The molecule has 0 saturated heterocycles. The Bertz CT molecular complexity index is 315. The zero-order chi connectivity index (χ0) is 9.52. The summed E-state index contributed by atoms with van der Waals surface area (Å²) in [5.74, 6) is 0. The summed E-state index contributed by atoms with van der Waals surface area (Å²) in [5, 5.41) is 0. The summed E-state index contributed by atoms with van der Waals surface area (Å²) in [6.07, 6.45) is 8.01. The molecule has 0 aliphatic rings. The summed E-state index contributed by atoms with van der Waals surface area (Å²) in [4.78, 5) is 0. The third-order valence-electron chi connectivity index (χ3n) is 1.73. The molecule has 0 bridgehead atoms. The lowest BCUT2D eigenvalue weighted by atomic mass is 10.1. The average Bonchev–Trinajstić information content (AvgIpc) is 2.19. The number of hydrogen-bond donors (Lipinski definition) is 0. The summed E-state index contributed by atoms with van der Waals surface area (Å²) >= 11 is 0. The molecule has 0 spiro atoms. The zero-order valence-electron chi connectivity index (χ0n) is 7.90. The average molecular weight is 170 g/mol. The van der Waals surface area contributed by atoms with Crippen molar-refractivity contribution >= 4 is 6.08 Å². The van der Waals surface area contributed by atoms with Crippen LogP contribution >= 0.6 is 0 Å². The molecule has 0 aliphatic heterocycles. The van der Waals surface area contributed by atoms with Gasteiger partial charge in [0.25, 0.3) is 0 Å². The normalized spacial score (nSPS) is 11.9. The van der Waals surface area contributed by atoms with E-state index in [0.29, 0.717) is 0 Å². The SMILES string of the molecule is C=CC(C=CC)=Cc1ccccc1. The van der Waals surface area contributed by atoms with Crippen LogP contribution in [0.5, 0.6) is 0 Å². The van der Waals surface area contributed by atoms with Crippen molar-refractivity contribution in [2.75, 3.05) is 0 Å². The molecular weight excluding hydrogens is 156 g/mol. The van der Waals surface area contributed by atoms with Gasteiger partial charge in [-0.1, -0.05) is 55.1 Å². The third-order valence-corrected chi connectivity index (χ3v) is 1.73. The number of allylic oxidation sites excluding steroid dienone is 4. The van der Waals surface area contributed by atoms with Crippen molar-refractivity contribution in [2.24, 2.45) is 0 Å². The third kappa shape index (κ3) is 3.12. The first kappa shape index (κ1) is 9.53. The fraction of sp³-hybridized carbons (Fsp3) is 0.0769. The monoisotopic (exact) mass is 170 g/mol. The summed E-state index contributed by atoms with van der Waals surface area (Å²) in [5.41, 5.74) is 2.34. The van der Waals surface area contributed by atoms with Crippen LogP contribution in [0.2, 0.25) is 0 Å². The molecule has 0 heterocycles. The Morgan fingerprint density at radius 2 is 1.92 bits per heavy atom. The second-order valence-corrected chi connectivity index (χ2v) is 2.76. The fourth-order valence-corrected chi connectivity index (χ4v) is 1.11. The van der Waals surface area contributed by atoms with E-state index in [1.54, 1.807) is 0 Å². The van der Waals surface area contributed by atoms with Crippen molar-refractivity contribution in [3.8, 4) is 0 Å². The summed E-state index contributed by atoms with van der Waals surface area (Å²) < 4.78 is 0. The Labute approximate surface area is 79.9 Å². The van der Waals surface area contributed by atoms with Gasteiger partial charge in [-0.2, -0.15) is 0 Å². The number of hydrogen-bond acceptors (Lipinski definition) is 0. The van der Waals surface area contributed by atoms with Crippen LogP contribution in [0.4, 0.5) is 0 Å². The summed E-state index contributed by atoms with van der Waals surface area (Å²) in [6, 6.07) is 10.2. The lowest BCUT2D eigenvalue weighted by Crippen LogP contribution is -1.73. The highest BCUT2D eigenvalue weighted by Gasteiger charge is 1.86. The van der Waals surface area contributed by atoms with Crippen molar-refractivity contribution < 1.29 is 0 Å². The Morgan fingerprint density at radius 3 is 2.46 bits per heavy atom. The molecule has 0 fully saturated rings. The van der Waals surface area contributed by atoms with Crippen molar-refractivity contribution in [3.05, 3.63) is 66.3 Å². The second kappa shape index (κ2) is 5.15. The first-order valence-electron chi connectivity index (χ1n) is 4.38. The van der Waals surface area contributed by atoms with Gasteiger partial charge in [0.05, 0.1) is 0 Å². The van der Waals surface area contributed by atoms with E-state index in [0.717, 1.165) is 5.57 Å². The highest BCUT2D eigenvalue weighted by Crippen LogP contribution is 2.08. The predicted molar refractivity (Wildman–Crippen MR) is 59.4 cm³/mol. The Morgan fingerprint density at radius 1 is 1.23 bits per heavy atom.